The Morgan fingerprint density at radius 1 is 1.10 bits per heavy atom. The maximum Gasteiger partial charge on any atom is 0.253 e. The van der Waals surface area contributed by atoms with E-state index >= 15 is 0 Å². The van der Waals surface area contributed by atoms with Crippen LogP contribution in [0, 0.1) is 0 Å². The fourth-order valence-corrected chi connectivity index (χ4v) is 3.18. The van der Waals surface area contributed by atoms with Crippen LogP contribution in [-0.2, 0) is 6.54 Å². The second-order valence-electron chi connectivity index (χ2n) is 3.84. The van der Waals surface area contributed by atoms with Crippen LogP contribution < -0.4 is 0 Å². The van der Waals surface area contributed by atoms with Crippen molar-refractivity contribution in [2.75, 3.05) is 18.8 Å². The van der Waals surface area contributed by atoms with Gasteiger partial charge in [-0.2, -0.15) is 4.99 Å². The molecular formula is C13H16N4S3. The lowest BCUT2D eigenvalue weighted by atomic mass is 10.2. The number of thioether (sulfide) groups is 3. The van der Waals surface area contributed by atoms with Gasteiger partial charge < -0.3 is 0 Å². The van der Waals surface area contributed by atoms with E-state index in [2.05, 4.69) is 27.3 Å². The van der Waals surface area contributed by atoms with Gasteiger partial charge in [0.15, 0.2) is 5.16 Å². The standard InChI is InChI=1S/C13H16N4S3/c1-18-12-16-15-11(14-13(19-2)20-3)17(12)9-10-7-5-4-6-8-10/h4-8H,9H2,1-3H3. The largest absolute Gasteiger partial charge is 0.282 e. The van der Waals surface area contributed by atoms with Crippen LogP contribution in [0.15, 0.2) is 40.5 Å². The first-order chi connectivity index (χ1) is 9.78. The lowest BCUT2D eigenvalue weighted by Crippen LogP contribution is -2.01. The van der Waals surface area contributed by atoms with E-state index in [4.69, 9.17) is 0 Å². The lowest BCUT2D eigenvalue weighted by Gasteiger charge is -2.07. The normalized spacial score (nSPS) is 10.6. The maximum atomic E-state index is 4.58. The zero-order chi connectivity index (χ0) is 14.4. The van der Waals surface area contributed by atoms with Gasteiger partial charge in [0.25, 0.3) is 5.95 Å². The Labute approximate surface area is 131 Å². The van der Waals surface area contributed by atoms with Gasteiger partial charge in [-0.05, 0) is 24.3 Å². The van der Waals surface area contributed by atoms with E-state index in [1.807, 2.05) is 41.5 Å². The van der Waals surface area contributed by atoms with Gasteiger partial charge in [0, 0.05) is 0 Å². The van der Waals surface area contributed by atoms with Gasteiger partial charge in [0.1, 0.15) is 4.38 Å². The molecule has 0 saturated carbocycles. The Kier molecular flexibility index (Phi) is 6.00. The molecule has 0 fully saturated rings. The Bertz CT molecular complexity index is 575. The average Bonchev–Trinajstić information content (AvgIpc) is 2.87. The summed E-state index contributed by atoms with van der Waals surface area (Å²) < 4.78 is 3.03. The van der Waals surface area contributed by atoms with E-state index in [-0.39, 0.29) is 0 Å². The summed E-state index contributed by atoms with van der Waals surface area (Å²) >= 11 is 4.83. The second kappa shape index (κ2) is 7.75. The predicted molar refractivity (Wildman–Crippen MR) is 91.5 cm³/mol. The molecule has 0 bridgehead atoms. The second-order valence-corrected chi connectivity index (χ2v) is 6.47. The molecule has 4 nitrogen and oxygen atoms in total. The summed E-state index contributed by atoms with van der Waals surface area (Å²) in [5.74, 6) is 0.664. The van der Waals surface area contributed by atoms with E-state index < -0.39 is 0 Å². The number of nitrogens with zero attached hydrogens (tertiary/aromatic N) is 4. The summed E-state index contributed by atoms with van der Waals surface area (Å²) in [6.45, 7) is 0.735. The lowest BCUT2D eigenvalue weighted by molar-refractivity contribution is 0.713. The van der Waals surface area contributed by atoms with Crippen LogP contribution in [0.2, 0.25) is 0 Å². The molecule has 2 rings (SSSR count). The Morgan fingerprint density at radius 3 is 2.40 bits per heavy atom. The highest BCUT2D eigenvalue weighted by atomic mass is 32.2. The molecule has 1 aromatic heterocycles. The van der Waals surface area contributed by atoms with Crippen LogP contribution in [0.1, 0.15) is 5.56 Å². The summed E-state index contributed by atoms with van der Waals surface area (Å²) in [7, 11) is 0. The molecule has 0 aliphatic carbocycles. The van der Waals surface area contributed by atoms with Crippen LogP contribution in [0.3, 0.4) is 0 Å². The average molecular weight is 325 g/mol. The zero-order valence-corrected chi connectivity index (χ0v) is 14.1. The Balaban J connectivity index is 2.35. The first-order valence-corrected chi connectivity index (χ1v) is 9.63. The molecule has 0 amide bonds. The molecule has 0 N–H and O–H groups in total. The van der Waals surface area contributed by atoms with E-state index in [0.29, 0.717) is 5.95 Å². The van der Waals surface area contributed by atoms with Crippen molar-refractivity contribution in [3.8, 4) is 0 Å². The van der Waals surface area contributed by atoms with Gasteiger partial charge in [0.05, 0.1) is 6.54 Å². The molecule has 0 atom stereocenters. The van der Waals surface area contributed by atoms with Gasteiger partial charge in [-0.3, -0.25) is 4.57 Å². The number of rotatable bonds is 4. The highest BCUT2D eigenvalue weighted by Gasteiger charge is 2.12. The molecule has 0 unspecified atom stereocenters. The molecule has 2 aromatic rings. The highest BCUT2D eigenvalue weighted by Crippen LogP contribution is 2.23. The van der Waals surface area contributed by atoms with E-state index in [0.717, 1.165) is 16.1 Å². The molecule has 1 heterocycles. The molecule has 0 radical (unpaired) electrons. The van der Waals surface area contributed by atoms with Crippen LogP contribution in [-0.4, -0.2) is 37.9 Å². The monoisotopic (exact) mass is 324 g/mol. The fraction of sp³-hybridized carbons (Fsp3) is 0.308. The quantitative estimate of drug-likeness (QED) is 0.487. The smallest absolute Gasteiger partial charge is 0.253 e. The van der Waals surface area contributed by atoms with Crippen molar-refractivity contribution in [3.63, 3.8) is 0 Å². The van der Waals surface area contributed by atoms with Crippen molar-refractivity contribution in [2.24, 2.45) is 4.99 Å². The molecule has 0 aliphatic heterocycles. The van der Waals surface area contributed by atoms with Crippen molar-refractivity contribution in [2.45, 2.75) is 11.7 Å². The summed E-state index contributed by atoms with van der Waals surface area (Å²) in [6, 6.07) is 10.3. The molecule has 20 heavy (non-hydrogen) atoms. The molecule has 106 valence electrons. The van der Waals surface area contributed by atoms with E-state index in [1.165, 1.54) is 5.56 Å². The van der Waals surface area contributed by atoms with Crippen molar-refractivity contribution < 1.29 is 0 Å². The van der Waals surface area contributed by atoms with Crippen LogP contribution in [0.25, 0.3) is 0 Å². The number of aliphatic imine (C=N–C) groups is 1. The first-order valence-electron chi connectivity index (χ1n) is 5.96. The first kappa shape index (κ1) is 15.5. The third-order valence-electron chi connectivity index (χ3n) is 2.60. The molecule has 7 heteroatoms. The molecule has 0 spiro atoms. The van der Waals surface area contributed by atoms with Crippen molar-refractivity contribution >= 4 is 45.6 Å². The third kappa shape index (κ3) is 3.80. The topological polar surface area (TPSA) is 43.1 Å². The summed E-state index contributed by atoms with van der Waals surface area (Å²) in [6.07, 6.45) is 6.04. The van der Waals surface area contributed by atoms with Gasteiger partial charge in [-0.1, -0.05) is 42.1 Å². The summed E-state index contributed by atoms with van der Waals surface area (Å²) in [5, 5.41) is 9.28. The van der Waals surface area contributed by atoms with Crippen molar-refractivity contribution in [1.82, 2.24) is 14.8 Å². The van der Waals surface area contributed by atoms with Crippen molar-refractivity contribution in [3.05, 3.63) is 35.9 Å². The minimum absolute atomic E-state index is 0.664. The molecule has 1 aromatic carbocycles. The summed E-state index contributed by atoms with van der Waals surface area (Å²) in [5.41, 5.74) is 1.22. The maximum absolute atomic E-state index is 4.58. The van der Waals surface area contributed by atoms with Crippen LogP contribution >= 0.6 is 35.3 Å². The Morgan fingerprint density at radius 2 is 1.80 bits per heavy atom. The van der Waals surface area contributed by atoms with E-state index in [1.54, 1.807) is 35.3 Å². The van der Waals surface area contributed by atoms with Gasteiger partial charge in [0.2, 0.25) is 0 Å². The molecular weight excluding hydrogens is 308 g/mol. The van der Waals surface area contributed by atoms with Crippen LogP contribution in [0.4, 0.5) is 5.95 Å². The van der Waals surface area contributed by atoms with Gasteiger partial charge >= 0.3 is 0 Å². The predicted octanol–water partition coefficient (Wildman–Crippen LogP) is 3.76. The minimum Gasteiger partial charge on any atom is -0.282 e. The third-order valence-corrected chi connectivity index (χ3v) is 5.15. The molecule has 0 saturated heterocycles. The Hall–Kier alpha value is -0.920. The number of hydrogen-bond acceptors (Lipinski definition) is 6. The highest BCUT2D eigenvalue weighted by molar-refractivity contribution is 8.38. The fourth-order valence-electron chi connectivity index (χ4n) is 1.68. The van der Waals surface area contributed by atoms with Crippen molar-refractivity contribution in [1.29, 1.82) is 0 Å². The van der Waals surface area contributed by atoms with Gasteiger partial charge in [-0.25, -0.2) is 0 Å². The summed E-state index contributed by atoms with van der Waals surface area (Å²) in [4.78, 5) is 4.58. The van der Waals surface area contributed by atoms with Crippen LogP contribution in [0.5, 0.6) is 0 Å². The minimum atomic E-state index is 0.664. The number of hydrogen-bond donors (Lipinski definition) is 0. The zero-order valence-electron chi connectivity index (χ0n) is 11.6. The number of benzene rings is 1. The molecule has 0 aliphatic rings. The SMILES string of the molecule is CSC(=Nc1nnc(SC)n1Cc1ccccc1)SC. The number of aromatic nitrogens is 3. The van der Waals surface area contributed by atoms with Gasteiger partial charge in [-0.15, -0.1) is 33.7 Å². The van der Waals surface area contributed by atoms with E-state index in [9.17, 15) is 0 Å².